The summed E-state index contributed by atoms with van der Waals surface area (Å²) in [5, 5.41) is 3.88. The van der Waals surface area contributed by atoms with Crippen molar-refractivity contribution in [3.8, 4) is 0 Å². The molecule has 0 saturated heterocycles. The molecule has 2 rings (SSSR count). The van der Waals surface area contributed by atoms with Gasteiger partial charge in [0.15, 0.2) is 0 Å². The summed E-state index contributed by atoms with van der Waals surface area (Å²) in [4.78, 5) is 15.0. The highest BCUT2D eigenvalue weighted by Crippen LogP contribution is 2.20. The molecule has 0 aliphatic heterocycles. The number of anilines is 1. The molecule has 2 aromatic rings. The van der Waals surface area contributed by atoms with E-state index in [4.69, 9.17) is 5.73 Å². The third-order valence-electron chi connectivity index (χ3n) is 2.60. The summed E-state index contributed by atoms with van der Waals surface area (Å²) in [5.74, 6) is -0.191. The van der Waals surface area contributed by atoms with Crippen LogP contribution in [0, 0.1) is 6.92 Å². The van der Waals surface area contributed by atoms with Gasteiger partial charge < -0.3 is 16.0 Å². The minimum Gasteiger partial charge on any atom is -0.359 e. The number of nitrogens with one attached hydrogen (secondary N) is 2. The molecule has 4 N–H and O–H groups in total. The van der Waals surface area contributed by atoms with Crippen LogP contribution in [0.3, 0.4) is 0 Å². The van der Waals surface area contributed by atoms with Gasteiger partial charge in [-0.1, -0.05) is 0 Å². The third-order valence-corrected chi connectivity index (χ3v) is 2.60. The molecule has 90 valence electrons. The Morgan fingerprint density at radius 3 is 2.71 bits per heavy atom. The molecule has 1 aromatic carbocycles. The summed E-state index contributed by atoms with van der Waals surface area (Å²) in [6.45, 7) is 5.36. The van der Waals surface area contributed by atoms with E-state index in [2.05, 4.69) is 10.3 Å². The van der Waals surface area contributed by atoms with Crippen LogP contribution in [0.2, 0.25) is 0 Å². The number of aryl methyl sites for hydroxylation is 1. The number of aromatic amines is 1. The monoisotopic (exact) mass is 231 g/mol. The molecule has 0 fully saturated rings. The molecule has 1 aromatic heterocycles. The molecule has 0 spiro atoms. The van der Waals surface area contributed by atoms with Crippen LogP contribution in [0.5, 0.6) is 0 Å². The van der Waals surface area contributed by atoms with E-state index in [0.29, 0.717) is 0 Å². The number of rotatable bonds is 2. The zero-order valence-corrected chi connectivity index (χ0v) is 10.3. The lowest BCUT2D eigenvalue weighted by atomic mass is 10.1. The number of aromatic nitrogens is 1. The molecule has 0 unspecified atom stereocenters. The van der Waals surface area contributed by atoms with Gasteiger partial charge in [0.1, 0.15) is 0 Å². The van der Waals surface area contributed by atoms with Crippen molar-refractivity contribution < 1.29 is 4.79 Å². The topological polar surface area (TPSA) is 70.9 Å². The Labute approximate surface area is 100 Å². The lowest BCUT2D eigenvalue weighted by Crippen LogP contribution is -2.45. The highest BCUT2D eigenvalue weighted by atomic mass is 16.2. The molecule has 1 amide bonds. The SMILES string of the molecule is Cc1cc2cc(NC(=O)C(C)(C)N)ccc2[nH]1. The Bertz CT molecular complexity index is 564. The van der Waals surface area contributed by atoms with Crippen molar-refractivity contribution in [2.24, 2.45) is 5.73 Å². The second-order valence-corrected chi connectivity index (χ2v) is 4.93. The van der Waals surface area contributed by atoms with Crippen LogP contribution >= 0.6 is 0 Å². The van der Waals surface area contributed by atoms with Gasteiger partial charge in [0.05, 0.1) is 5.54 Å². The van der Waals surface area contributed by atoms with Gasteiger partial charge in [-0.2, -0.15) is 0 Å². The Hall–Kier alpha value is -1.81. The minimum atomic E-state index is -0.872. The van der Waals surface area contributed by atoms with E-state index in [9.17, 15) is 4.79 Å². The fourth-order valence-electron chi connectivity index (χ4n) is 1.65. The van der Waals surface area contributed by atoms with Gasteiger partial charge in [-0.05, 0) is 45.0 Å². The number of fused-ring (bicyclic) bond motifs is 1. The lowest BCUT2D eigenvalue weighted by molar-refractivity contribution is -0.120. The van der Waals surface area contributed by atoms with Crippen molar-refractivity contribution in [3.05, 3.63) is 30.0 Å². The van der Waals surface area contributed by atoms with E-state index in [1.807, 2.05) is 31.2 Å². The third kappa shape index (κ3) is 2.47. The Morgan fingerprint density at radius 1 is 1.35 bits per heavy atom. The normalized spacial score (nSPS) is 11.8. The predicted octanol–water partition coefficient (Wildman–Crippen LogP) is 2.15. The quantitative estimate of drug-likeness (QED) is 0.741. The fraction of sp³-hybridized carbons (Fsp3) is 0.308. The van der Waals surface area contributed by atoms with Gasteiger partial charge in [-0.25, -0.2) is 0 Å². The van der Waals surface area contributed by atoms with Crippen molar-refractivity contribution in [2.75, 3.05) is 5.32 Å². The van der Waals surface area contributed by atoms with E-state index >= 15 is 0 Å². The van der Waals surface area contributed by atoms with Crippen LogP contribution in [-0.4, -0.2) is 16.4 Å². The molecule has 0 aliphatic carbocycles. The van der Waals surface area contributed by atoms with Gasteiger partial charge in [0.25, 0.3) is 0 Å². The smallest absolute Gasteiger partial charge is 0.243 e. The van der Waals surface area contributed by atoms with Crippen LogP contribution in [0.25, 0.3) is 10.9 Å². The first-order chi connectivity index (χ1) is 7.86. The summed E-state index contributed by atoms with van der Waals surface area (Å²) >= 11 is 0. The van der Waals surface area contributed by atoms with E-state index in [0.717, 1.165) is 22.3 Å². The molecule has 4 nitrogen and oxygen atoms in total. The molecule has 17 heavy (non-hydrogen) atoms. The van der Waals surface area contributed by atoms with Crippen LogP contribution in [0.1, 0.15) is 19.5 Å². The van der Waals surface area contributed by atoms with Crippen molar-refractivity contribution in [3.63, 3.8) is 0 Å². The van der Waals surface area contributed by atoms with Crippen molar-refractivity contribution in [2.45, 2.75) is 26.3 Å². The van der Waals surface area contributed by atoms with Gasteiger partial charge in [0, 0.05) is 22.3 Å². The standard InChI is InChI=1S/C13H17N3O/c1-8-6-9-7-10(4-5-11(9)15-8)16-12(17)13(2,3)14/h4-7,15H,14H2,1-3H3,(H,16,17). The number of amides is 1. The summed E-state index contributed by atoms with van der Waals surface area (Å²) in [7, 11) is 0. The van der Waals surface area contributed by atoms with E-state index in [-0.39, 0.29) is 5.91 Å². The fourth-order valence-corrected chi connectivity index (χ4v) is 1.65. The lowest BCUT2D eigenvalue weighted by Gasteiger charge is -2.17. The van der Waals surface area contributed by atoms with E-state index in [1.54, 1.807) is 13.8 Å². The van der Waals surface area contributed by atoms with Gasteiger partial charge in [0.2, 0.25) is 5.91 Å². The average molecular weight is 231 g/mol. The molecule has 1 heterocycles. The van der Waals surface area contributed by atoms with Gasteiger partial charge in [-0.3, -0.25) is 4.79 Å². The number of carbonyl (C=O) groups is 1. The molecular weight excluding hydrogens is 214 g/mol. The Kier molecular flexibility index (Phi) is 2.67. The van der Waals surface area contributed by atoms with Crippen molar-refractivity contribution in [1.82, 2.24) is 4.98 Å². The maximum Gasteiger partial charge on any atom is 0.243 e. The predicted molar refractivity (Wildman–Crippen MR) is 69.9 cm³/mol. The van der Waals surface area contributed by atoms with Crippen molar-refractivity contribution in [1.29, 1.82) is 0 Å². The molecule has 0 radical (unpaired) electrons. The molecular formula is C13H17N3O. The maximum absolute atomic E-state index is 11.7. The zero-order valence-electron chi connectivity index (χ0n) is 10.3. The number of benzene rings is 1. The summed E-state index contributed by atoms with van der Waals surface area (Å²) in [6.07, 6.45) is 0. The highest BCUT2D eigenvalue weighted by Gasteiger charge is 2.21. The highest BCUT2D eigenvalue weighted by molar-refractivity contribution is 5.98. The molecule has 0 saturated carbocycles. The Morgan fingerprint density at radius 2 is 2.06 bits per heavy atom. The van der Waals surface area contributed by atoms with Crippen LogP contribution < -0.4 is 11.1 Å². The second-order valence-electron chi connectivity index (χ2n) is 4.93. The van der Waals surface area contributed by atoms with Crippen LogP contribution in [-0.2, 0) is 4.79 Å². The second kappa shape index (κ2) is 3.89. The number of hydrogen-bond acceptors (Lipinski definition) is 2. The van der Waals surface area contributed by atoms with Crippen LogP contribution in [0.4, 0.5) is 5.69 Å². The molecule has 4 heteroatoms. The Balaban J connectivity index is 2.28. The first-order valence-corrected chi connectivity index (χ1v) is 5.56. The molecule has 0 aliphatic rings. The van der Waals surface area contributed by atoms with E-state index < -0.39 is 5.54 Å². The largest absolute Gasteiger partial charge is 0.359 e. The van der Waals surface area contributed by atoms with Crippen LogP contribution in [0.15, 0.2) is 24.3 Å². The van der Waals surface area contributed by atoms with Gasteiger partial charge >= 0.3 is 0 Å². The maximum atomic E-state index is 11.7. The minimum absolute atomic E-state index is 0.191. The van der Waals surface area contributed by atoms with Crippen molar-refractivity contribution >= 4 is 22.5 Å². The average Bonchev–Trinajstić information content (AvgIpc) is 2.55. The first-order valence-electron chi connectivity index (χ1n) is 5.56. The number of carbonyl (C=O) groups excluding carboxylic acids is 1. The van der Waals surface area contributed by atoms with Gasteiger partial charge in [-0.15, -0.1) is 0 Å². The number of H-pyrrole nitrogens is 1. The zero-order chi connectivity index (χ0) is 12.6. The first kappa shape index (κ1) is 11.7. The summed E-state index contributed by atoms with van der Waals surface area (Å²) < 4.78 is 0. The summed E-state index contributed by atoms with van der Waals surface area (Å²) in [5.41, 5.74) is 7.78. The number of hydrogen-bond donors (Lipinski definition) is 3. The molecule has 0 atom stereocenters. The number of nitrogens with two attached hydrogens (primary N) is 1. The summed E-state index contributed by atoms with van der Waals surface area (Å²) in [6, 6.07) is 7.78. The molecule has 0 bridgehead atoms. The van der Waals surface area contributed by atoms with E-state index in [1.165, 1.54) is 0 Å².